The molecule has 0 aliphatic rings. The lowest BCUT2D eigenvalue weighted by molar-refractivity contribution is -0.187. The Morgan fingerprint density at radius 3 is 2.12 bits per heavy atom. The van der Waals surface area contributed by atoms with Crippen LogP contribution in [0.2, 0.25) is 0 Å². The van der Waals surface area contributed by atoms with Gasteiger partial charge in [-0.15, -0.1) is 0 Å². The molecule has 0 saturated carbocycles. The molecule has 90 valence electrons. The fourth-order valence-corrected chi connectivity index (χ4v) is 0.555. The van der Waals surface area contributed by atoms with E-state index in [2.05, 4.69) is 9.68 Å². The molecule has 0 radical (unpaired) electrons. The average molecular weight is 234 g/mol. The van der Waals surface area contributed by atoms with Crippen LogP contribution in [0, 0.1) is 0 Å². The van der Waals surface area contributed by atoms with Crippen LogP contribution >= 0.6 is 0 Å². The zero-order chi connectivity index (χ0) is 12.7. The van der Waals surface area contributed by atoms with Crippen LogP contribution in [0.5, 0.6) is 0 Å². The van der Waals surface area contributed by atoms with Gasteiger partial charge in [-0.3, -0.25) is 9.59 Å². The fraction of sp³-hybridized carbons (Fsp3) is 0.429. The van der Waals surface area contributed by atoms with E-state index < -0.39 is 30.5 Å². The minimum atomic E-state index is -1.32. The number of hydrogen-bond acceptors (Lipinski definition) is 7. The van der Waals surface area contributed by atoms with Gasteiger partial charge in [-0.25, -0.2) is 9.59 Å². The number of carbonyl (C=O) groups is 4. The molecule has 0 bridgehead atoms. The summed E-state index contributed by atoms with van der Waals surface area (Å²) in [6.45, 7) is 0.891. The minimum absolute atomic E-state index is 0.0642. The Morgan fingerprint density at radius 1 is 1.19 bits per heavy atom. The molecule has 0 heterocycles. The lowest BCUT2D eigenvalue weighted by atomic mass is 10.6. The van der Waals surface area contributed by atoms with Gasteiger partial charge in [0.1, 0.15) is 6.61 Å². The van der Waals surface area contributed by atoms with Crippen LogP contribution in [0.4, 0.5) is 4.79 Å². The number of aliphatic hydroxyl groups is 1. The van der Waals surface area contributed by atoms with Gasteiger partial charge in [0.15, 0.2) is 0 Å². The zero-order valence-corrected chi connectivity index (χ0v) is 8.55. The van der Waals surface area contributed by atoms with E-state index >= 15 is 0 Å². The highest BCUT2D eigenvalue weighted by atomic mass is 16.7. The maximum atomic E-state index is 11.1. The smallest absolute Gasteiger partial charge is 0.386 e. The second-order valence-corrected chi connectivity index (χ2v) is 2.43. The first-order chi connectivity index (χ1) is 7.38. The monoisotopic (exact) mass is 234 g/mol. The van der Waals surface area contributed by atoms with Crippen molar-refractivity contribution in [1.82, 2.24) is 10.5 Å². The molecule has 0 aliphatic heterocycles. The number of carbonyl (C=O) groups excluding carboxylic acids is 4. The molecule has 0 aromatic heterocycles. The summed E-state index contributed by atoms with van der Waals surface area (Å²) in [7, 11) is 0. The third-order valence-corrected chi connectivity index (χ3v) is 1.05. The molecule has 0 fully saturated rings. The second kappa shape index (κ2) is 6.35. The number of hydroxylamine groups is 3. The molecular formula is C7H10N2O7. The molecule has 0 aromatic carbocycles. The van der Waals surface area contributed by atoms with Gasteiger partial charge in [0.25, 0.3) is 5.91 Å². The van der Waals surface area contributed by atoms with E-state index in [0.29, 0.717) is 0 Å². The Balaban J connectivity index is 4.49. The second-order valence-electron chi connectivity index (χ2n) is 2.43. The third-order valence-electron chi connectivity index (χ3n) is 1.05. The number of nitrogens with zero attached hydrogens (tertiary/aromatic N) is 1. The number of aliphatic hydroxyl groups excluding tert-OH is 1. The van der Waals surface area contributed by atoms with Crippen LogP contribution in [-0.4, -0.2) is 40.7 Å². The minimum Gasteiger partial charge on any atom is -0.386 e. The SMILES string of the molecule is CC(=O)ONC(=O)N(OC(C)=O)C(=O)CO. The van der Waals surface area contributed by atoms with Crippen molar-refractivity contribution in [1.29, 1.82) is 0 Å². The Bertz CT molecular complexity index is 314. The predicted molar refractivity (Wildman–Crippen MR) is 46.0 cm³/mol. The summed E-state index contributed by atoms with van der Waals surface area (Å²) in [6, 6.07) is -1.32. The third kappa shape index (κ3) is 4.91. The van der Waals surface area contributed by atoms with Gasteiger partial charge in [0.05, 0.1) is 0 Å². The molecular weight excluding hydrogens is 224 g/mol. The number of rotatable bonds is 1. The Kier molecular flexibility index (Phi) is 5.49. The maximum Gasteiger partial charge on any atom is 0.391 e. The molecule has 9 nitrogen and oxygen atoms in total. The van der Waals surface area contributed by atoms with Crippen molar-refractivity contribution in [2.75, 3.05) is 6.61 Å². The van der Waals surface area contributed by atoms with Crippen LogP contribution in [0.3, 0.4) is 0 Å². The highest BCUT2D eigenvalue weighted by Gasteiger charge is 2.25. The lowest BCUT2D eigenvalue weighted by Crippen LogP contribution is -2.46. The lowest BCUT2D eigenvalue weighted by Gasteiger charge is -2.16. The van der Waals surface area contributed by atoms with Gasteiger partial charge in [0, 0.05) is 13.8 Å². The first-order valence-electron chi connectivity index (χ1n) is 3.98. The summed E-state index contributed by atoms with van der Waals surface area (Å²) < 4.78 is 0. The summed E-state index contributed by atoms with van der Waals surface area (Å²) in [5.41, 5.74) is 1.53. The van der Waals surface area contributed by atoms with Crippen molar-refractivity contribution in [2.24, 2.45) is 0 Å². The zero-order valence-electron chi connectivity index (χ0n) is 8.55. The van der Waals surface area contributed by atoms with Gasteiger partial charge in [0.2, 0.25) is 0 Å². The standard InChI is InChI=1S/C7H10N2O7/c1-4(11)15-8-7(14)9(6(13)3-10)16-5(2)12/h10H,3H2,1-2H3,(H,8,14). The van der Waals surface area contributed by atoms with Crippen molar-refractivity contribution >= 4 is 23.9 Å². The number of amides is 3. The predicted octanol–water partition coefficient (Wildman–Crippen LogP) is -1.53. The molecule has 2 N–H and O–H groups in total. The average Bonchev–Trinajstić information content (AvgIpc) is 2.21. The van der Waals surface area contributed by atoms with Gasteiger partial charge < -0.3 is 14.8 Å². The van der Waals surface area contributed by atoms with Crippen LogP contribution in [-0.2, 0) is 24.1 Å². The van der Waals surface area contributed by atoms with Crippen molar-refractivity contribution < 1.29 is 34.0 Å². The van der Waals surface area contributed by atoms with E-state index in [1.807, 2.05) is 0 Å². The molecule has 3 amide bonds. The van der Waals surface area contributed by atoms with E-state index in [0.717, 1.165) is 13.8 Å². The largest absolute Gasteiger partial charge is 0.391 e. The summed E-state index contributed by atoms with van der Waals surface area (Å²) >= 11 is 0. The number of nitrogens with one attached hydrogen (secondary N) is 1. The highest BCUT2D eigenvalue weighted by molar-refractivity contribution is 5.94. The van der Waals surface area contributed by atoms with Gasteiger partial charge in [-0.1, -0.05) is 5.06 Å². The maximum absolute atomic E-state index is 11.1. The summed E-state index contributed by atoms with van der Waals surface area (Å²) in [4.78, 5) is 51.1. The quantitative estimate of drug-likeness (QED) is 0.528. The molecule has 16 heavy (non-hydrogen) atoms. The number of imide groups is 1. The van der Waals surface area contributed by atoms with E-state index in [1.54, 1.807) is 0 Å². The molecule has 0 aromatic rings. The molecule has 0 saturated heterocycles. The topological polar surface area (TPSA) is 122 Å². The highest BCUT2D eigenvalue weighted by Crippen LogP contribution is 1.94. The van der Waals surface area contributed by atoms with Crippen molar-refractivity contribution in [2.45, 2.75) is 13.8 Å². The first kappa shape index (κ1) is 13.8. The Hall–Kier alpha value is -2.16. The Labute approximate surface area is 89.8 Å². The number of hydrogen-bond donors (Lipinski definition) is 2. The van der Waals surface area contributed by atoms with Crippen molar-refractivity contribution in [3.05, 3.63) is 0 Å². The van der Waals surface area contributed by atoms with Gasteiger partial charge in [-0.2, -0.15) is 5.48 Å². The van der Waals surface area contributed by atoms with E-state index in [1.165, 1.54) is 5.48 Å². The van der Waals surface area contributed by atoms with Crippen molar-refractivity contribution in [3.63, 3.8) is 0 Å². The summed E-state index contributed by atoms with van der Waals surface area (Å²) in [5, 5.41) is 8.41. The van der Waals surface area contributed by atoms with E-state index in [4.69, 9.17) is 5.11 Å². The first-order valence-corrected chi connectivity index (χ1v) is 3.98. The molecule has 0 rings (SSSR count). The van der Waals surface area contributed by atoms with Crippen molar-refractivity contribution in [3.8, 4) is 0 Å². The van der Waals surface area contributed by atoms with Crippen LogP contribution in [0.25, 0.3) is 0 Å². The van der Waals surface area contributed by atoms with E-state index in [-0.39, 0.29) is 5.06 Å². The molecule has 0 spiro atoms. The Morgan fingerprint density at radius 2 is 1.75 bits per heavy atom. The van der Waals surface area contributed by atoms with Gasteiger partial charge in [-0.05, 0) is 0 Å². The van der Waals surface area contributed by atoms with E-state index in [9.17, 15) is 19.2 Å². The molecule has 0 atom stereocenters. The summed E-state index contributed by atoms with van der Waals surface area (Å²) in [6.07, 6.45) is 0. The molecule has 9 heteroatoms. The fourth-order valence-electron chi connectivity index (χ4n) is 0.555. The van der Waals surface area contributed by atoms with Crippen LogP contribution < -0.4 is 5.48 Å². The summed E-state index contributed by atoms with van der Waals surface area (Å²) in [5.74, 6) is -2.99. The molecule has 0 unspecified atom stereocenters. The number of urea groups is 1. The molecule has 0 aliphatic carbocycles. The van der Waals surface area contributed by atoms with Gasteiger partial charge >= 0.3 is 18.0 Å². The van der Waals surface area contributed by atoms with Crippen LogP contribution in [0.15, 0.2) is 0 Å². The normalized spacial score (nSPS) is 8.94. The van der Waals surface area contributed by atoms with Crippen LogP contribution in [0.1, 0.15) is 13.8 Å².